The second kappa shape index (κ2) is 6.22. The first kappa shape index (κ1) is 15.4. The molecule has 1 aliphatic rings. The van der Waals surface area contributed by atoms with Gasteiger partial charge in [-0.25, -0.2) is 8.42 Å². The summed E-state index contributed by atoms with van der Waals surface area (Å²) in [6, 6.07) is 7.51. The van der Waals surface area contributed by atoms with Crippen molar-refractivity contribution in [3.63, 3.8) is 0 Å². The van der Waals surface area contributed by atoms with Gasteiger partial charge >= 0.3 is 0 Å². The van der Waals surface area contributed by atoms with Crippen LogP contribution in [0, 0.1) is 0 Å². The van der Waals surface area contributed by atoms with E-state index in [-0.39, 0.29) is 17.5 Å². The summed E-state index contributed by atoms with van der Waals surface area (Å²) in [4.78, 5) is 2.03. The molecular weight excluding hydrogens is 276 g/mol. The molecule has 0 radical (unpaired) electrons. The van der Waals surface area contributed by atoms with Gasteiger partial charge in [0.1, 0.15) is 0 Å². The third-order valence-electron chi connectivity index (χ3n) is 3.82. The van der Waals surface area contributed by atoms with Gasteiger partial charge in [0.2, 0.25) is 0 Å². The fraction of sp³-hybridized carbons (Fsp3) is 0.571. The van der Waals surface area contributed by atoms with Gasteiger partial charge in [0.25, 0.3) is 0 Å². The van der Waals surface area contributed by atoms with Crippen molar-refractivity contribution in [2.45, 2.75) is 25.6 Å². The van der Waals surface area contributed by atoms with E-state index in [9.17, 15) is 13.5 Å². The number of nitrogens with zero attached hydrogens (tertiary/aromatic N) is 1. The van der Waals surface area contributed by atoms with Crippen LogP contribution in [0.1, 0.15) is 24.2 Å². The van der Waals surface area contributed by atoms with Crippen LogP contribution in [0.2, 0.25) is 0 Å². The highest BCUT2D eigenvalue weighted by atomic mass is 32.2. The molecule has 1 heterocycles. The highest BCUT2D eigenvalue weighted by Gasteiger charge is 2.29. The lowest BCUT2D eigenvalue weighted by molar-refractivity contribution is 0.0974. The molecule has 2 atom stereocenters. The van der Waals surface area contributed by atoms with Crippen LogP contribution in [0.15, 0.2) is 24.3 Å². The van der Waals surface area contributed by atoms with Crippen molar-refractivity contribution < 1.29 is 13.5 Å². The SMILES string of the molecule is CC1CS(=O)(=O)CCN1CC(O)c1ccc(CN)cc1. The zero-order valence-electron chi connectivity index (χ0n) is 11.7. The summed E-state index contributed by atoms with van der Waals surface area (Å²) in [7, 11) is -2.91. The summed E-state index contributed by atoms with van der Waals surface area (Å²) >= 11 is 0. The van der Waals surface area contributed by atoms with E-state index in [1.165, 1.54) is 0 Å². The van der Waals surface area contributed by atoms with Gasteiger partial charge in [0.15, 0.2) is 9.84 Å². The van der Waals surface area contributed by atoms with E-state index in [0.29, 0.717) is 19.6 Å². The number of rotatable bonds is 4. The average Bonchev–Trinajstić information content (AvgIpc) is 2.41. The van der Waals surface area contributed by atoms with Gasteiger partial charge in [0, 0.05) is 25.7 Å². The minimum Gasteiger partial charge on any atom is -0.387 e. The Morgan fingerprint density at radius 3 is 2.60 bits per heavy atom. The van der Waals surface area contributed by atoms with Crippen LogP contribution in [-0.2, 0) is 16.4 Å². The van der Waals surface area contributed by atoms with E-state index < -0.39 is 15.9 Å². The normalized spacial score (nSPS) is 24.4. The molecule has 2 unspecified atom stereocenters. The molecular formula is C14H22N2O3S. The Balaban J connectivity index is 1.98. The fourth-order valence-electron chi connectivity index (χ4n) is 2.51. The van der Waals surface area contributed by atoms with Crippen molar-refractivity contribution in [3.8, 4) is 0 Å². The zero-order chi connectivity index (χ0) is 14.8. The summed E-state index contributed by atoms with van der Waals surface area (Å²) < 4.78 is 23.1. The van der Waals surface area contributed by atoms with Gasteiger partial charge < -0.3 is 10.8 Å². The van der Waals surface area contributed by atoms with Crippen LogP contribution in [0.5, 0.6) is 0 Å². The van der Waals surface area contributed by atoms with Gasteiger partial charge in [-0.1, -0.05) is 24.3 Å². The van der Waals surface area contributed by atoms with Crippen LogP contribution in [0.25, 0.3) is 0 Å². The van der Waals surface area contributed by atoms with E-state index in [1.807, 2.05) is 36.1 Å². The minimum atomic E-state index is -2.91. The van der Waals surface area contributed by atoms with Crippen LogP contribution >= 0.6 is 0 Å². The number of benzene rings is 1. The smallest absolute Gasteiger partial charge is 0.153 e. The molecule has 0 aromatic heterocycles. The molecule has 0 spiro atoms. The zero-order valence-corrected chi connectivity index (χ0v) is 12.5. The first-order valence-corrected chi connectivity index (χ1v) is 8.65. The average molecular weight is 298 g/mol. The molecule has 0 aliphatic carbocycles. The number of β-amino-alcohol motifs (C(OH)–C–C–N with tert-alkyl or cyclic N) is 1. The highest BCUT2D eigenvalue weighted by molar-refractivity contribution is 7.91. The Morgan fingerprint density at radius 2 is 2.05 bits per heavy atom. The molecule has 0 amide bonds. The van der Waals surface area contributed by atoms with E-state index >= 15 is 0 Å². The topological polar surface area (TPSA) is 83.6 Å². The monoisotopic (exact) mass is 298 g/mol. The molecule has 3 N–H and O–H groups in total. The Kier molecular flexibility index (Phi) is 4.80. The van der Waals surface area contributed by atoms with Gasteiger partial charge in [-0.2, -0.15) is 0 Å². The van der Waals surface area contributed by atoms with Crippen molar-refractivity contribution in [1.29, 1.82) is 0 Å². The van der Waals surface area contributed by atoms with E-state index in [1.54, 1.807) is 0 Å². The Morgan fingerprint density at radius 1 is 1.40 bits per heavy atom. The number of hydrogen-bond donors (Lipinski definition) is 2. The van der Waals surface area contributed by atoms with Gasteiger partial charge in [-0.15, -0.1) is 0 Å². The van der Waals surface area contributed by atoms with Crippen LogP contribution < -0.4 is 5.73 Å². The summed E-state index contributed by atoms with van der Waals surface area (Å²) in [5, 5.41) is 10.3. The Labute approximate surface area is 120 Å². The standard InChI is InChI=1S/C14H22N2O3S/c1-11-10-20(18,19)7-6-16(11)9-14(17)13-4-2-12(8-15)3-5-13/h2-5,11,14,17H,6-10,15H2,1H3. The number of sulfone groups is 1. The number of aliphatic hydroxyl groups excluding tert-OH is 1. The van der Waals surface area contributed by atoms with Crippen molar-refractivity contribution in [1.82, 2.24) is 4.90 Å². The Bertz CT molecular complexity index is 542. The molecule has 2 rings (SSSR count). The lowest BCUT2D eigenvalue weighted by Crippen LogP contribution is -2.48. The van der Waals surface area contributed by atoms with Crippen LogP contribution in [0.4, 0.5) is 0 Å². The van der Waals surface area contributed by atoms with Crippen LogP contribution in [-0.4, -0.2) is 49.1 Å². The lowest BCUT2D eigenvalue weighted by Gasteiger charge is -2.34. The quantitative estimate of drug-likeness (QED) is 0.835. The van der Waals surface area contributed by atoms with Crippen LogP contribution in [0.3, 0.4) is 0 Å². The molecule has 0 saturated carbocycles. The molecule has 6 heteroatoms. The largest absolute Gasteiger partial charge is 0.387 e. The van der Waals surface area contributed by atoms with Crippen molar-refractivity contribution >= 4 is 9.84 Å². The molecule has 112 valence electrons. The Hall–Kier alpha value is -0.950. The third kappa shape index (κ3) is 3.79. The lowest BCUT2D eigenvalue weighted by atomic mass is 10.1. The first-order valence-electron chi connectivity index (χ1n) is 6.83. The molecule has 1 aromatic rings. The van der Waals surface area contributed by atoms with Crippen molar-refractivity contribution in [2.24, 2.45) is 5.73 Å². The van der Waals surface area contributed by atoms with Crippen molar-refractivity contribution in [3.05, 3.63) is 35.4 Å². The number of aliphatic hydroxyl groups is 1. The van der Waals surface area contributed by atoms with Crippen molar-refractivity contribution in [2.75, 3.05) is 24.6 Å². The van der Waals surface area contributed by atoms with Gasteiger partial charge in [-0.05, 0) is 18.1 Å². The molecule has 1 aromatic carbocycles. The number of hydrogen-bond acceptors (Lipinski definition) is 5. The maximum atomic E-state index is 11.5. The summed E-state index contributed by atoms with van der Waals surface area (Å²) in [5.74, 6) is 0.349. The molecule has 0 bridgehead atoms. The maximum absolute atomic E-state index is 11.5. The molecule has 5 nitrogen and oxygen atoms in total. The molecule has 1 saturated heterocycles. The minimum absolute atomic E-state index is 0.0493. The molecule has 1 fully saturated rings. The highest BCUT2D eigenvalue weighted by Crippen LogP contribution is 2.19. The second-order valence-electron chi connectivity index (χ2n) is 5.42. The molecule has 1 aliphatic heterocycles. The van der Waals surface area contributed by atoms with E-state index in [2.05, 4.69) is 0 Å². The summed E-state index contributed by atoms with van der Waals surface area (Å²) in [6.45, 7) is 3.32. The van der Waals surface area contributed by atoms with Gasteiger partial charge in [0.05, 0.1) is 17.6 Å². The number of nitrogens with two attached hydrogens (primary N) is 1. The predicted octanol–water partition coefficient (Wildman–Crippen LogP) is 0.298. The summed E-state index contributed by atoms with van der Waals surface area (Å²) in [5.41, 5.74) is 7.40. The second-order valence-corrected chi connectivity index (χ2v) is 7.65. The van der Waals surface area contributed by atoms with E-state index in [4.69, 9.17) is 5.73 Å². The fourth-order valence-corrected chi connectivity index (χ4v) is 4.13. The maximum Gasteiger partial charge on any atom is 0.153 e. The molecule has 20 heavy (non-hydrogen) atoms. The predicted molar refractivity (Wildman–Crippen MR) is 79.0 cm³/mol. The van der Waals surface area contributed by atoms with E-state index in [0.717, 1.165) is 11.1 Å². The van der Waals surface area contributed by atoms with Gasteiger partial charge in [-0.3, -0.25) is 4.90 Å². The third-order valence-corrected chi connectivity index (χ3v) is 5.61. The first-order chi connectivity index (χ1) is 9.41. The summed E-state index contributed by atoms with van der Waals surface area (Å²) in [6.07, 6.45) is -0.606.